The van der Waals surface area contributed by atoms with Crippen LogP contribution < -0.4 is 5.32 Å². The fraction of sp³-hybridized carbons (Fsp3) is 0.333. The van der Waals surface area contributed by atoms with Gasteiger partial charge in [-0.25, -0.2) is 0 Å². The number of carbonyl (C=O) groups is 2. The summed E-state index contributed by atoms with van der Waals surface area (Å²) in [7, 11) is 0. The lowest BCUT2D eigenvalue weighted by atomic mass is 10.1. The van der Waals surface area contributed by atoms with E-state index in [1.165, 1.54) is 11.8 Å². The summed E-state index contributed by atoms with van der Waals surface area (Å²) in [5.41, 5.74) is 0.816. The average molecular weight is 439 g/mol. The highest BCUT2D eigenvalue weighted by Crippen LogP contribution is 2.24. The summed E-state index contributed by atoms with van der Waals surface area (Å²) >= 11 is 13.5. The lowest BCUT2D eigenvalue weighted by Gasteiger charge is -2.29. The molecule has 2 rings (SSSR count). The Labute approximate surface area is 180 Å². The van der Waals surface area contributed by atoms with Gasteiger partial charge in [0.15, 0.2) is 0 Å². The molecule has 0 spiro atoms. The van der Waals surface area contributed by atoms with E-state index in [0.29, 0.717) is 10.0 Å². The van der Waals surface area contributed by atoms with E-state index in [2.05, 4.69) is 5.32 Å². The van der Waals surface area contributed by atoms with Crippen molar-refractivity contribution >= 4 is 46.8 Å². The molecule has 4 nitrogen and oxygen atoms in total. The highest BCUT2D eigenvalue weighted by molar-refractivity contribution is 8.00. The molecule has 0 saturated carbocycles. The second-order valence-corrected chi connectivity index (χ2v) is 8.57. The Morgan fingerprint density at radius 2 is 1.71 bits per heavy atom. The minimum Gasteiger partial charge on any atom is -0.352 e. The fourth-order valence-electron chi connectivity index (χ4n) is 2.57. The van der Waals surface area contributed by atoms with E-state index in [1.807, 2.05) is 50.2 Å². The highest BCUT2D eigenvalue weighted by atomic mass is 35.5. The third-order valence-electron chi connectivity index (χ3n) is 4.04. The van der Waals surface area contributed by atoms with Gasteiger partial charge in [-0.15, -0.1) is 11.8 Å². The van der Waals surface area contributed by atoms with E-state index in [1.54, 1.807) is 24.0 Å². The van der Waals surface area contributed by atoms with E-state index in [4.69, 9.17) is 23.2 Å². The lowest BCUT2D eigenvalue weighted by Crippen LogP contribution is -2.49. The number of hydrogen-bond donors (Lipinski definition) is 1. The summed E-state index contributed by atoms with van der Waals surface area (Å²) in [5, 5.41) is 3.74. The van der Waals surface area contributed by atoms with Crippen LogP contribution in [0.25, 0.3) is 0 Å². The molecule has 28 heavy (non-hydrogen) atoms. The van der Waals surface area contributed by atoms with E-state index in [0.717, 1.165) is 10.5 Å². The van der Waals surface area contributed by atoms with Gasteiger partial charge in [0, 0.05) is 17.5 Å². The van der Waals surface area contributed by atoms with Gasteiger partial charge >= 0.3 is 0 Å². The molecule has 2 amide bonds. The number of nitrogens with zero attached hydrogens (tertiary/aromatic N) is 1. The van der Waals surface area contributed by atoms with Crippen LogP contribution in [0.1, 0.15) is 26.3 Å². The first-order valence-electron chi connectivity index (χ1n) is 8.99. The van der Waals surface area contributed by atoms with Crippen molar-refractivity contribution in [1.82, 2.24) is 10.2 Å². The first kappa shape index (κ1) is 22.6. The molecular formula is C21H24Cl2N2O2S. The van der Waals surface area contributed by atoms with Gasteiger partial charge in [-0.2, -0.15) is 0 Å². The predicted octanol–water partition coefficient (Wildman–Crippen LogP) is 5.03. The summed E-state index contributed by atoms with van der Waals surface area (Å²) in [6.45, 7) is 5.79. The summed E-state index contributed by atoms with van der Waals surface area (Å²) in [4.78, 5) is 28.1. The summed E-state index contributed by atoms with van der Waals surface area (Å²) in [6.07, 6.45) is 0. The molecule has 0 heterocycles. The number of hydrogen-bond acceptors (Lipinski definition) is 3. The molecular weight excluding hydrogens is 415 g/mol. The van der Waals surface area contributed by atoms with Gasteiger partial charge in [-0.3, -0.25) is 9.59 Å². The second kappa shape index (κ2) is 10.7. The zero-order valence-electron chi connectivity index (χ0n) is 16.1. The third kappa shape index (κ3) is 6.73. The maximum Gasteiger partial charge on any atom is 0.242 e. The molecule has 150 valence electrons. The monoisotopic (exact) mass is 438 g/mol. The Kier molecular flexibility index (Phi) is 8.67. The predicted molar refractivity (Wildman–Crippen MR) is 117 cm³/mol. The van der Waals surface area contributed by atoms with E-state index >= 15 is 0 Å². The van der Waals surface area contributed by atoms with Crippen LogP contribution in [0, 0.1) is 0 Å². The standard InChI is InChI=1S/C21H24Cl2N2O2S/c1-14(2)24-21(27)15(3)25(12-16-9-10-18(22)19(23)11-16)20(26)13-28-17-7-5-4-6-8-17/h4-11,14-15H,12-13H2,1-3H3,(H,24,27)/t15-/m0/s1. The Morgan fingerprint density at radius 3 is 2.32 bits per heavy atom. The average Bonchev–Trinajstić information content (AvgIpc) is 2.66. The number of rotatable bonds is 8. The van der Waals surface area contributed by atoms with Crippen molar-refractivity contribution in [3.8, 4) is 0 Å². The van der Waals surface area contributed by atoms with Crippen LogP contribution in [0.2, 0.25) is 10.0 Å². The number of nitrogens with one attached hydrogen (secondary N) is 1. The largest absolute Gasteiger partial charge is 0.352 e. The Bertz CT molecular complexity index is 815. The van der Waals surface area contributed by atoms with Crippen molar-refractivity contribution < 1.29 is 9.59 Å². The third-order valence-corrected chi connectivity index (χ3v) is 5.78. The van der Waals surface area contributed by atoms with E-state index in [9.17, 15) is 9.59 Å². The molecule has 0 aromatic heterocycles. The molecule has 1 N–H and O–H groups in total. The Hall–Kier alpha value is -1.69. The molecule has 2 aromatic rings. The zero-order valence-corrected chi connectivity index (χ0v) is 18.4. The van der Waals surface area contributed by atoms with Crippen molar-refractivity contribution in [1.29, 1.82) is 0 Å². The van der Waals surface area contributed by atoms with Crippen LogP contribution in [0.3, 0.4) is 0 Å². The van der Waals surface area contributed by atoms with Crippen LogP contribution in [0.4, 0.5) is 0 Å². The minimum atomic E-state index is -0.610. The van der Waals surface area contributed by atoms with Crippen LogP contribution in [0.15, 0.2) is 53.4 Å². The molecule has 0 bridgehead atoms. The van der Waals surface area contributed by atoms with Gasteiger partial charge in [0.2, 0.25) is 11.8 Å². The van der Waals surface area contributed by atoms with Gasteiger partial charge in [0.25, 0.3) is 0 Å². The molecule has 0 unspecified atom stereocenters. The second-order valence-electron chi connectivity index (χ2n) is 6.71. The normalized spacial score (nSPS) is 11.9. The van der Waals surface area contributed by atoms with E-state index in [-0.39, 0.29) is 30.2 Å². The first-order valence-corrected chi connectivity index (χ1v) is 10.7. The molecule has 2 aromatic carbocycles. The number of thioether (sulfide) groups is 1. The number of amides is 2. The fourth-order valence-corrected chi connectivity index (χ4v) is 3.69. The van der Waals surface area contributed by atoms with Crippen molar-refractivity contribution in [3.63, 3.8) is 0 Å². The number of benzene rings is 2. The van der Waals surface area contributed by atoms with Gasteiger partial charge in [-0.05, 0) is 50.6 Å². The number of halogens is 2. The molecule has 1 atom stereocenters. The van der Waals surface area contributed by atoms with Gasteiger partial charge < -0.3 is 10.2 Å². The van der Waals surface area contributed by atoms with Crippen LogP contribution >= 0.6 is 35.0 Å². The quantitative estimate of drug-likeness (QED) is 0.587. The van der Waals surface area contributed by atoms with Crippen LogP contribution in [0.5, 0.6) is 0 Å². The highest BCUT2D eigenvalue weighted by Gasteiger charge is 2.26. The van der Waals surface area contributed by atoms with Crippen molar-refractivity contribution in [3.05, 3.63) is 64.1 Å². The SMILES string of the molecule is CC(C)NC(=O)[C@H](C)N(Cc1ccc(Cl)c(Cl)c1)C(=O)CSc1ccccc1. The molecule has 0 fully saturated rings. The van der Waals surface area contributed by atoms with Crippen molar-refractivity contribution in [2.24, 2.45) is 0 Å². The summed E-state index contributed by atoms with van der Waals surface area (Å²) < 4.78 is 0. The van der Waals surface area contributed by atoms with Crippen LogP contribution in [-0.4, -0.2) is 34.6 Å². The first-order chi connectivity index (χ1) is 13.3. The Morgan fingerprint density at radius 1 is 1.04 bits per heavy atom. The van der Waals surface area contributed by atoms with Gasteiger partial charge in [-0.1, -0.05) is 47.5 Å². The minimum absolute atomic E-state index is 0.00410. The molecule has 7 heteroatoms. The smallest absolute Gasteiger partial charge is 0.242 e. The Balaban J connectivity index is 2.17. The summed E-state index contributed by atoms with van der Waals surface area (Å²) in [6, 6.07) is 14.3. The summed E-state index contributed by atoms with van der Waals surface area (Å²) in [5.74, 6) is -0.0654. The van der Waals surface area contributed by atoms with Crippen molar-refractivity contribution in [2.75, 3.05) is 5.75 Å². The maximum atomic E-state index is 13.0. The lowest BCUT2D eigenvalue weighted by molar-refractivity contribution is -0.138. The maximum absolute atomic E-state index is 13.0. The van der Waals surface area contributed by atoms with Gasteiger partial charge in [0.05, 0.1) is 15.8 Å². The topological polar surface area (TPSA) is 49.4 Å². The molecule has 0 aliphatic carbocycles. The van der Waals surface area contributed by atoms with Gasteiger partial charge in [0.1, 0.15) is 6.04 Å². The van der Waals surface area contributed by atoms with E-state index < -0.39 is 6.04 Å². The number of carbonyl (C=O) groups excluding carboxylic acids is 2. The molecule has 0 radical (unpaired) electrons. The van der Waals surface area contributed by atoms with Crippen LogP contribution in [-0.2, 0) is 16.1 Å². The molecule has 0 aliphatic heterocycles. The molecule has 0 aliphatic rings. The zero-order chi connectivity index (χ0) is 20.7. The van der Waals surface area contributed by atoms with Crippen molar-refractivity contribution in [2.45, 2.75) is 44.3 Å². The molecule has 0 saturated heterocycles.